The normalized spacial score (nSPS) is 24.0. The second-order valence-electron chi connectivity index (χ2n) is 7.69. The van der Waals surface area contributed by atoms with Crippen molar-refractivity contribution in [1.82, 2.24) is 14.5 Å². The lowest BCUT2D eigenvalue weighted by Crippen LogP contribution is -2.52. The molecule has 1 N–H and O–H groups in total. The quantitative estimate of drug-likeness (QED) is 0.904. The first-order valence-corrected chi connectivity index (χ1v) is 8.91. The number of piperidine rings is 1. The highest BCUT2D eigenvalue weighted by Gasteiger charge is 2.39. The monoisotopic (exact) mass is 345 g/mol. The van der Waals surface area contributed by atoms with E-state index in [1.54, 1.807) is 18.6 Å². The van der Waals surface area contributed by atoms with Crippen LogP contribution in [0.1, 0.15) is 49.9 Å². The lowest BCUT2D eigenvalue weighted by Gasteiger charge is -2.43. The summed E-state index contributed by atoms with van der Waals surface area (Å²) in [6, 6.07) is 3.57. The minimum Gasteiger partial charge on any atom is -0.454 e. The van der Waals surface area contributed by atoms with E-state index in [0.717, 1.165) is 12.2 Å². The number of imidazole rings is 1. The lowest BCUT2D eigenvalue weighted by atomic mass is 9.78. The molecule has 0 bridgehead atoms. The zero-order chi connectivity index (χ0) is 18.0. The summed E-state index contributed by atoms with van der Waals surface area (Å²) in [5.41, 5.74) is -0.712. The first-order valence-electron chi connectivity index (χ1n) is 8.91. The van der Waals surface area contributed by atoms with Crippen molar-refractivity contribution in [2.45, 2.75) is 45.8 Å². The Bertz CT molecular complexity index is 703. The van der Waals surface area contributed by atoms with Gasteiger partial charge >= 0.3 is 0 Å². The number of hydrogen-bond donors (Lipinski definition) is 1. The third-order valence-corrected chi connectivity index (χ3v) is 5.02. The zero-order valence-electron chi connectivity index (χ0n) is 15.2. The van der Waals surface area contributed by atoms with Gasteiger partial charge in [-0.2, -0.15) is 0 Å². The Balaban J connectivity index is 1.67. The summed E-state index contributed by atoms with van der Waals surface area (Å²) in [7, 11) is 0. The smallest absolute Gasteiger partial charge is 0.289 e. The summed E-state index contributed by atoms with van der Waals surface area (Å²) in [6.45, 7) is 7.85. The molecule has 1 aliphatic heterocycles. The number of aliphatic hydroxyl groups is 1. The van der Waals surface area contributed by atoms with Crippen molar-refractivity contribution < 1.29 is 14.3 Å². The maximum absolute atomic E-state index is 12.8. The van der Waals surface area contributed by atoms with Crippen LogP contribution in [0.4, 0.5) is 0 Å². The molecule has 3 rings (SSSR count). The molecule has 0 radical (unpaired) electrons. The summed E-state index contributed by atoms with van der Waals surface area (Å²) >= 11 is 0. The molecule has 1 aliphatic rings. The molecule has 0 saturated carbocycles. The van der Waals surface area contributed by atoms with E-state index < -0.39 is 5.60 Å². The van der Waals surface area contributed by atoms with E-state index in [9.17, 15) is 9.90 Å². The van der Waals surface area contributed by atoms with Crippen LogP contribution >= 0.6 is 0 Å². The fourth-order valence-electron chi connectivity index (χ4n) is 3.50. The molecule has 2 aromatic rings. The molecule has 6 nitrogen and oxygen atoms in total. The van der Waals surface area contributed by atoms with Crippen LogP contribution in [0.25, 0.3) is 0 Å². The molecule has 0 unspecified atom stereocenters. The largest absolute Gasteiger partial charge is 0.454 e. The topological polar surface area (TPSA) is 71.5 Å². The predicted octanol–water partition coefficient (Wildman–Crippen LogP) is 2.78. The van der Waals surface area contributed by atoms with Gasteiger partial charge in [0.1, 0.15) is 5.76 Å². The molecule has 2 atom stereocenters. The Hall–Kier alpha value is -2.08. The Morgan fingerprint density at radius 3 is 2.96 bits per heavy atom. The van der Waals surface area contributed by atoms with Gasteiger partial charge in [0.15, 0.2) is 5.76 Å². The molecule has 0 spiro atoms. The average molecular weight is 345 g/mol. The van der Waals surface area contributed by atoms with E-state index in [1.807, 2.05) is 28.7 Å². The average Bonchev–Trinajstić information content (AvgIpc) is 3.20. The fraction of sp³-hybridized carbons (Fsp3) is 0.579. The molecule has 6 heteroatoms. The van der Waals surface area contributed by atoms with Crippen LogP contribution in [0.5, 0.6) is 0 Å². The highest BCUT2D eigenvalue weighted by atomic mass is 16.4. The number of furan rings is 1. The fourth-order valence-corrected chi connectivity index (χ4v) is 3.50. The number of carbonyl (C=O) groups excluding carboxylic acids is 1. The number of amides is 1. The van der Waals surface area contributed by atoms with Gasteiger partial charge < -0.3 is 19.0 Å². The van der Waals surface area contributed by atoms with Crippen molar-refractivity contribution in [1.29, 1.82) is 0 Å². The van der Waals surface area contributed by atoms with Crippen molar-refractivity contribution in [3.8, 4) is 0 Å². The van der Waals surface area contributed by atoms with E-state index in [2.05, 4.69) is 18.8 Å². The number of carbonyl (C=O) groups is 1. The Morgan fingerprint density at radius 1 is 1.48 bits per heavy atom. The van der Waals surface area contributed by atoms with Crippen LogP contribution in [0.15, 0.2) is 35.3 Å². The van der Waals surface area contributed by atoms with E-state index in [-0.39, 0.29) is 11.8 Å². The molecule has 0 aliphatic carbocycles. The minimum atomic E-state index is -0.712. The van der Waals surface area contributed by atoms with Gasteiger partial charge in [-0.3, -0.25) is 4.79 Å². The van der Waals surface area contributed by atoms with Gasteiger partial charge in [-0.15, -0.1) is 0 Å². The summed E-state index contributed by atoms with van der Waals surface area (Å²) in [5.74, 6) is 1.56. The van der Waals surface area contributed by atoms with Crippen molar-refractivity contribution >= 4 is 5.91 Å². The van der Waals surface area contributed by atoms with E-state index in [1.165, 1.54) is 0 Å². The number of aromatic nitrogens is 2. The van der Waals surface area contributed by atoms with Gasteiger partial charge in [-0.1, -0.05) is 13.8 Å². The number of hydrogen-bond acceptors (Lipinski definition) is 4. The first-order chi connectivity index (χ1) is 11.8. The first kappa shape index (κ1) is 17.7. The molecule has 0 aromatic carbocycles. The highest BCUT2D eigenvalue weighted by Crippen LogP contribution is 2.33. The Kier molecular flexibility index (Phi) is 4.99. The highest BCUT2D eigenvalue weighted by molar-refractivity contribution is 5.91. The molecule has 1 fully saturated rings. The third kappa shape index (κ3) is 4.12. The van der Waals surface area contributed by atoms with Crippen LogP contribution in [-0.2, 0) is 6.54 Å². The van der Waals surface area contributed by atoms with Crippen molar-refractivity contribution in [2.24, 2.45) is 11.8 Å². The van der Waals surface area contributed by atoms with Crippen LogP contribution in [0.2, 0.25) is 0 Å². The SMILES string of the molecule is CC(C)C[C@@H]1CN(C(=O)c2ccc(Cn3ccnc3)o2)CC[C@]1(C)O. The Morgan fingerprint density at radius 2 is 2.28 bits per heavy atom. The van der Waals surface area contributed by atoms with Gasteiger partial charge in [0, 0.05) is 31.4 Å². The maximum Gasteiger partial charge on any atom is 0.289 e. The zero-order valence-corrected chi connectivity index (χ0v) is 15.2. The van der Waals surface area contributed by atoms with Crippen molar-refractivity contribution in [3.05, 3.63) is 42.4 Å². The van der Waals surface area contributed by atoms with Crippen LogP contribution in [0, 0.1) is 11.8 Å². The van der Waals surface area contributed by atoms with Crippen LogP contribution < -0.4 is 0 Å². The molecular weight excluding hydrogens is 318 g/mol. The summed E-state index contributed by atoms with van der Waals surface area (Å²) in [5, 5.41) is 10.6. The predicted molar refractivity (Wildman–Crippen MR) is 94.1 cm³/mol. The van der Waals surface area contributed by atoms with Crippen molar-refractivity contribution in [2.75, 3.05) is 13.1 Å². The Labute approximate surface area is 148 Å². The second kappa shape index (κ2) is 7.04. The molecule has 25 heavy (non-hydrogen) atoms. The van der Waals surface area contributed by atoms with Gasteiger partial charge in [0.25, 0.3) is 5.91 Å². The van der Waals surface area contributed by atoms with E-state index in [0.29, 0.717) is 37.7 Å². The summed E-state index contributed by atoms with van der Waals surface area (Å²) in [4.78, 5) is 18.6. The molecule has 136 valence electrons. The van der Waals surface area contributed by atoms with Crippen LogP contribution in [0.3, 0.4) is 0 Å². The summed E-state index contributed by atoms with van der Waals surface area (Å²) in [6.07, 6.45) is 6.78. The summed E-state index contributed by atoms with van der Waals surface area (Å²) < 4.78 is 7.63. The minimum absolute atomic E-state index is 0.0885. The molecule has 2 aromatic heterocycles. The number of nitrogens with zero attached hydrogens (tertiary/aromatic N) is 3. The standard InChI is InChI=1S/C19H27N3O3/c1-14(2)10-15-11-22(8-6-19(15,3)24)18(23)17-5-4-16(25-17)12-21-9-7-20-13-21/h4-5,7,9,13-15,24H,6,8,10-12H2,1-3H3/t15-,19+/m1/s1. The van der Waals surface area contributed by atoms with Crippen molar-refractivity contribution in [3.63, 3.8) is 0 Å². The molecular formula is C19H27N3O3. The van der Waals surface area contributed by atoms with Gasteiger partial charge in [-0.25, -0.2) is 4.98 Å². The van der Waals surface area contributed by atoms with Gasteiger partial charge in [0.05, 0.1) is 18.5 Å². The molecule has 3 heterocycles. The third-order valence-electron chi connectivity index (χ3n) is 5.02. The lowest BCUT2D eigenvalue weighted by molar-refractivity contribution is -0.0581. The second-order valence-corrected chi connectivity index (χ2v) is 7.69. The molecule has 1 amide bonds. The van der Waals surface area contributed by atoms with Gasteiger partial charge in [0.2, 0.25) is 0 Å². The van der Waals surface area contributed by atoms with Gasteiger partial charge in [-0.05, 0) is 37.8 Å². The number of likely N-dealkylation sites (tertiary alicyclic amines) is 1. The van der Waals surface area contributed by atoms with Crippen LogP contribution in [-0.4, -0.2) is 44.2 Å². The number of rotatable bonds is 5. The van der Waals surface area contributed by atoms with E-state index >= 15 is 0 Å². The van der Waals surface area contributed by atoms with E-state index in [4.69, 9.17) is 4.42 Å². The maximum atomic E-state index is 12.8. The molecule has 1 saturated heterocycles.